The molecule has 0 spiro atoms. The third-order valence-electron chi connectivity index (χ3n) is 3.29. The molecule has 0 aliphatic carbocycles. The van der Waals surface area contributed by atoms with Crippen molar-refractivity contribution in [3.8, 4) is 6.07 Å². The minimum Gasteiger partial charge on any atom is -0.422 e. The lowest BCUT2D eigenvalue weighted by atomic mass is 10.1. The molecule has 1 heterocycles. The topological polar surface area (TPSA) is 74.2 Å². The Morgan fingerprint density at radius 3 is 2.72 bits per heavy atom. The number of rotatable bonds is 5. The van der Waals surface area contributed by atoms with Crippen LogP contribution in [-0.4, -0.2) is 10.7 Å². The van der Waals surface area contributed by atoms with Gasteiger partial charge < -0.3 is 4.42 Å². The number of halogens is 3. The predicted molar refractivity (Wildman–Crippen MR) is 87.0 cm³/mol. The molecule has 0 fully saturated rings. The Hall–Kier alpha value is -2.82. The molecule has 1 aromatic heterocycles. The summed E-state index contributed by atoms with van der Waals surface area (Å²) in [6.45, 7) is 5.53. The summed E-state index contributed by atoms with van der Waals surface area (Å²) in [6.07, 6.45) is -3.86. The minimum atomic E-state index is -4.42. The van der Waals surface area contributed by atoms with Crippen LogP contribution in [0.1, 0.15) is 43.5 Å². The van der Waals surface area contributed by atoms with Gasteiger partial charge in [0.2, 0.25) is 5.69 Å². The SMILES string of the molecule is C/C(=N\Nc1oc(CC(C)C)nc1C#N)c1cccc(C(F)(F)F)c1. The molecule has 0 unspecified atom stereocenters. The molecule has 0 saturated heterocycles. The zero-order valence-corrected chi connectivity index (χ0v) is 14.0. The highest BCUT2D eigenvalue weighted by molar-refractivity contribution is 5.99. The van der Waals surface area contributed by atoms with Crippen molar-refractivity contribution in [2.24, 2.45) is 11.0 Å². The molecule has 0 atom stereocenters. The van der Waals surface area contributed by atoms with Crippen LogP contribution in [0, 0.1) is 17.2 Å². The van der Waals surface area contributed by atoms with Crippen LogP contribution in [0.5, 0.6) is 0 Å². The number of nitriles is 1. The van der Waals surface area contributed by atoms with Gasteiger partial charge in [-0.15, -0.1) is 0 Å². The fraction of sp³-hybridized carbons (Fsp3) is 0.353. The first-order chi connectivity index (χ1) is 11.7. The Balaban J connectivity index is 2.22. The van der Waals surface area contributed by atoms with Gasteiger partial charge in [-0.25, -0.2) is 10.4 Å². The van der Waals surface area contributed by atoms with E-state index in [0.29, 0.717) is 29.5 Å². The molecule has 0 amide bonds. The van der Waals surface area contributed by atoms with E-state index in [9.17, 15) is 13.2 Å². The fourth-order valence-electron chi connectivity index (χ4n) is 2.07. The molecule has 2 aromatic rings. The van der Waals surface area contributed by atoms with Crippen molar-refractivity contribution >= 4 is 11.6 Å². The number of hydrogen-bond donors (Lipinski definition) is 1. The summed E-state index contributed by atoms with van der Waals surface area (Å²) in [5.41, 5.74) is 2.49. The Labute approximate surface area is 143 Å². The maximum Gasteiger partial charge on any atom is 0.416 e. The summed E-state index contributed by atoms with van der Waals surface area (Å²) >= 11 is 0. The van der Waals surface area contributed by atoms with Gasteiger partial charge in [0.15, 0.2) is 5.89 Å². The zero-order valence-electron chi connectivity index (χ0n) is 14.0. The van der Waals surface area contributed by atoms with Crippen LogP contribution in [-0.2, 0) is 12.6 Å². The molecule has 5 nitrogen and oxygen atoms in total. The maximum absolute atomic E-state index is 12.8. The van der Waals surface area contributed by atoms with Crippen LogP contribution in [0.2, 0.25) is 0 Å². The molecule has 1 N–H and O–H groups in total. The van der Waals surface area contributed by atoms with E-state index in [4.69, 9.17) is 9.68 Å². The number of nitrogens with zero attached hydrogens (tertiary/aromatic N) is 3. The number of benzene rings is 1. The zero-order chi connectivity index (χ0) is 18.6. The van der Waals surface area contributed by atoms with Crippen molar-refractivity contribution < 1.29 is 17.6 Å². The van der Waals surface area contributed by atoms with Gasteiger partial charge in [-0.3, -0.25) is 0 Å². The maximum atomic E-state index is 12.8. The van der Waals surface area contributed by atoms with Gasteiger partial charge in [0, 0.05) is 6.42 Å². The van der Waals surface area contributed by atoms with Gasteiger partial charge in [-0.1, -0.05) is 26.0 Å². The van der Waals surface area contributed by atoms with Crippen LogP contribution in [0.25, 0.3) is 0 Å². The Morgan fingerprint density at radius 1 is 1.40 bits per heavy atom. The molecule has 0 aliphatic rings. The van der Waals surface area contributed by atoms with Crippen LogP contribution >= 0.6 is 0 Å². The number of hydrogen-bond acceptors (Lipinski definition) is 5. The number of aromatic nitrogens is 1. The predicted octanol–water partition coefficient (Wildman–Crippen LogP) is 4.60. The Morgan fingerprint density at radius 2 is 2.12 bits per heavy atom. The Kier molecular flexibility index (Phi) is 5.47. The van der Waals surface area contributed by atoms with E-state index >= 15 is 0 Å². The van der Waals surface area contributed by atoms with E-state index in [1.807, 2.05) is 19.9 Å². The molecule has 2 rings (SSSR count). The average Bonchev–Trinajstić information content (AvgIpc) is 2.93. The van der Waals surface area contributed by atoms with Gasteiger partial charge in [0.25, 0.3) is 5.88 Å². The highest BCUT2D eigenvalue weighted by atomic mass is 19.4. The lowest BCUT2D eigenvalue weighted by molar-refractivity contribution is -0.137. The van der Waals surface area contributed by atoms with Crippen LogP contribution in [0.15, 0.2) is 33.8 Å². The summed E-state index contributed by atoms with van der Waals surface area (Å²) in [7, 11) is 0. The Bertz CT molecular complexity index is 816. The molecule has 0 aliphatic heterocycles. The van der Waals surface area contributed by atoms with Crippen LogP contribution < -0.4 is 5.43 Å². The lowest BCUT2D eigenvalue weighted by Crippen LogP contribution is -2.07. The van der Waals surface area contributed by atoms with E-state index in [1.54, 1.807) is 6.92 Å². The molecule has 8 heteroatoms. The molecule has 0 radical (unpaired) electrons. The van der Waals surface area contributed by atoms with E-state index in [-0.39, 0.29) is 11.6 Å². The summed E-state index contributed by atoms with van der Waals surface area (Å²) in [5, 5.41) is 13.1. The molecule has 1 aromatic carbocycles. The molecule has 0 bridgehead atoms. The highest BCUT2D eigenvalue weighted by Gasteiger charge is 2.30. The van der Waals surface area contributed by atoms with Gasteiger partial charge in [0.05, 0.1) is 11.3 Å². The lowest BCUT2D eigenvalue weighted by Gasteiger charge is -2.08. The summed E-state index contributed by atoms with van der Waals surface area (Å²) < 4.78 is 43.8. The third-order valence-corrected chi connectivity index (χ3v) is 3.29. The van der Waals surface area contributed by atoms with E-state index < -0.39 is 11.7 Å². The first kappa shape index (κ1) is 18.5. The second-order valence-corrected chi connectivity index (χ2v) is 5.88. The summed E-state index contributed by atoms with van der Waals surface area (Å²) in [6, 6.07) is 6.73. The minimum absolute atomic E-state index is 0.0521. The largest absolute Gasteiger partial charge is 0.422 e. The second kappa shape index (κ2) is 7.38. The molecular formula is C17H17F3N4O. The van der Waals surface area contributed by atoms with Crippen molar-refractivity contribution in [1.82, 2.24) is 4.98 Å². The summed E-state index contributed by atoms with van der Waals surface area (Å²) in [5.74, 6) is 0.777. The van der Waals surface area contributed by atoms with Crippen molar-refractivity contribution in [2.45, 2.75) is 33.4 Å². The molecule has 25 heavy (non-hydrogen) atoms. The summed E-state index contributed by atoms with van der Waals surface area (Å²) in [4.78, 5) is 4.06. The first-order valence-corrected chi connectivity index (χ1v) is 7.58. The third kappa shape index (κ3) is 4.83. The number of anilines is 1. The first-order valence-electron chi connectivity index (χ1n) is 7.58. The quantitative estimate of drug-likeness (QED) is 0.632. The number of nitrogens with one attached hydrogen (secondary N) is 1. The highest BCUT2D eigenvalue weighted by Crippen LogP contribution is 2.29. The van der Waals surface area contributed by atoms with Gasteiger partial charge >= 0.3 is 6.18 Å². The number of alkyl halides is 3. The van der Waals surface area contributed by atoms with E-state index in [1.165, 1.54) is 12.1 Å². The average molecular weight is 350 g/mol. The van der Waals surface area contributed by atoms with E-state index in [2.05, 4.69) is 15.5 Å². The van der Waals surface area contributed by atoms with E-state index in [0.717, 1.165) is 12.1 Å². The van der Waals surface area contributed by atoms with Crippen LogP contribution in [0.4, 0.5) is 19.1 Å². The normalized spacial score (nSPS) is 12.3. The van der Waals surface area contributed by atoms with Gasteiger partial charge in [-0.05, 0) is 30.5 Å². The van der Waals surface area contributed by atoms with Crippen molar-refractivity contribution in [1.29, 1.82) is 5.26 Å². The van der Waals surface area contributed by atoms with Crippen molar-refractivity contribution in [3.63, 3.8) is 0 Å². The van der Waals surface area contributed by atoms with Crippen LogP contribution in [0.3, 0.4) is 0 Å². The van der Waals surface area contributed by atoms with Gasteiger partial charge in [-0.2, -0.15) is 23.5 Å². The second-order valence-electron chi connectivity index (χ2n) is 5.88. The molecule has 0 saturated carbocycles. The van der Waals surface area contributed by atoms with Crippen molar-refractivity contribution in [2.75, 3.05) is 5.43 Å². The molecular weight excluding hydrogens is 333 g/mol. The van der Waals surface area contributed by atoms with Crippen molar-refractivity contribution in [3.05, 3.63) is 47.0 Å². The number of oxazole rings is 1. The monoisotopic (exact) mass is 350 g/mol. The standard InChI is InChI=1S/C17H17F3N4O/c1-10(2)7-15-22-14(9-21)16(25-15)24-23-11(3)12-5-4-6-13(8-12)17(18,19)20/h4-6,8,10,24H,7H2,1-3H3/b23-11+. The molecule has 132 valence electrons. The van der Waals surface area contributed by atoms with Gasteiger partial charge in [0.1, 0.15) is 6.07 Å². The smallest absolute Gasteiger partial charge is 0.416 e. The number of hydrazone groups is 1. The fourth-order valence-corrected chi connectivity index (χ4v) is 2.07.